The van der Waals surface area contributed by atoms with Crippen molar-refractivity contribution in [2.24, 2.45) is 0 Å². The van der Waals surface area contributed by atoms with E-state index in [0.717, 1.165) is 23.9 Å². The molecule has 1 saturated carbocycles. The van der Waals surface area contributed by atoms with E-state index in [1.54, 1.807) is 4.57 Å². The van der Waals surface area contributed by atoms with Gasteiger partial charge in [0, 0.05) is 18.9 Å². The second kappa shape index (κ2) is 8.34. The predicted octanol–water partition coefficient (Wildman–Crippen LogP) is 3.08. The van der Waals surface area contributed by atoms with E-state index >= 15 is 0 Å². The minimum absolute atomic E-state index is 0.0468. The summed E-state index contributed by atoms with van der Waals surface area (Å²) in [5, 5.41) is 12.5. The lowest BCUT2D eigenvalue weighted by Crippen LogP contribution is -2.32. The van der Waals surface area contributed by atoms with Crippen LogP contribution in [0.3, 0.4) is 0 Å². The third-order valence-corrected chi connectivity index (χ3v) is 6.05. The maximum Gasteiger partial charge on any atom is 0.263 e. The number of nitrogens with one attached hydrogen (secondary N) is 1. The maximum atomic E-state index is 13.2. The Morgan fingerprint density at radius 2 is 1.74 bits per heavy atom. The van der Waals surface area contributed by atoms with E-state index in [9.17, 15) is 9.59 Å². The first-order valence-electron chi connectivity index (χ1n) is 10.9. The number of aryl methyl sites for hydroxylation is 1. The molecule has 0 radical (unpaired) electrons. The summed E-state index contributed by atoms with van der Waals surface area (Å²) < 4.78 is 3.58. The van der Waals surface area contributed by atoms with Gasteiger partial charge in [0.25, 0.3) is 5.56 Å². The minimum Gasteiger partial charge on any atom is -0.353 e. The Bertz CT molecular complexity index is 1290. The van der Waals surface area contributed by atoms with Crippen molar-refractivity contribution in [2.45, 2.75) is 51.1 Å². The lowest BCUT2D eigenvalue weighted by molar-refractivity contribution is -0.121. The fraction of sp³-hybridized carbons (Fsp3) is 0.333. The SMILES string of the molecule is O=C(CCc1nnc2n(Cc3ccccc3)c(=O)c3ccccc3n12)NC1CCCC1. The first-order chi connectivity index (χ1) is 15.2. The van der Waals surface area contributed by atoms with Crippen LogP contribution in [0.4, 0.5) is 0 Å². The van der Waals surface area contributed by atoms with E-state index in [-0.39, 0.29) is 11.5 Å². The predicted molar refractivity (Wildman–Crippen MR) is 119 cm³/mol. The highest BCUT2D eigenvalue weighted by Crippen LogP contribution is 2.19. The summed E-state index contributed by atoms with van der Waals surface area (Å²) in [5.74, 6) is 1.24. The van der Waals surface area contributed by atoms with Gasteiger partial charge < -0.3 is 5.32 Å². The summed E-state index contributed by atoms with van der Waals surface area (Å²) in [5.41, 5.74) is 1.69. The molecule has 7 nitrogen and oxygen atoms in total. The van der Waals surface area contributed by atoms with Crippen LogP contribution in [0.25, 0.3) is 16.7 Å². The van der Waals surface area contributed by atoms with Gasteiger partial charge in [0.1, 0.15) is 5.82 Å². The van der Waals surface area contributed by atoms with Crippen molar-refractivity contribution in [1.82, 2.24) is 24.5 Å². The lowest BCUT2D eigenvalue weighted by atomic mass is 10.2. The molecule has 4 aromatic rings. The molecule has 2 aromatic carbocycles. The Hall–Kier alpha value is -3.48. The van der Waals surface area contributed by atoms with Crippen LogP contribution >= 0.6 is 0 Å². The second-order valence-corrected chi connectivity index (χ2v) is 8.19. The van der Waals surface area contributed by atoms with Gasteiger partial charge in [0.2, 0.25) is 11.7 Å². The number of hydrogen-bond acceptors (Lipinski definition) is 4. The minimum atomic E-state index is -0.0927. The molecule has 0 atom stereocenters. The van der Waals surface area contributed by atoms with Crippen molar-refractivity contribution in [3.63, 3.8) is 0 Å². The van der Waals surface area contributed by atoms with Gasteiger partial charge in [0.15, 0.2) is 0 Å². The summed E-state index contributed by atoms with van der Waals surface area (Å²) in [6, 6.07) is 17.6. The van der Waals surface area contributed by atoms with Gasteiger partial charge in [0.05, 0.1) is 17.4 Å². The highest BCUT2D eigenvalue weighted by molar-refractivity contribution is 5.80. The Kier molecular flexibility index (Phi) is 5.24. The molecule has 0 unspecified atom stereocenters. The Morgan fingerprint density at radius 3 is 2.55 bits per heavy atom. The van der Waals surface area contributed by atoms with E-state index in [2.05, 4.69) is 15.5 Å². The smallest absolute Gasteiger partial charge is 0.263 e. The summed E-state index contributed by atoms with van der Waals surface area (Å²) in [6.45, 7) is 0.411. The fourth-order valence-corrected chi connectivity index (χ4v) is 4.48. The topological polar surface area (TPSA) is 81.3 Å². The summed E-state index contributed by atoms with van der Waals surface area (Å²) in [6.07, 6.45) is 5.32. The Morgan fingerprint density at radius 1 is 1.00 bits per heavy atom. The molecule has 1 fully saturated rings. The quantitative estimate of drug-likeness (QED) is 0.525. The Balaban J connectivity index is 1.51. The molecule has 0 aliphatic heterocycles. The van der Waals surface area contributed by atoms with Crippen LogP contribution in [0.5, 0.6) is 0 Å². The summed E-state index contributed by atoms with van der Waals surface area (Å²) in [7, 11) is 0. The van der Waals surface area contributed by atoms with Gasteiger partial charge in [-0.3, -0.25) is 18.6 Å². The summed E-state index contributed by atoms with van der Waals surface area (Å²) in [4.78, 5) is 25.7. The van der Waals surface area contributed by atoms with Crippen molar-refractivity contribution in [3.8, 4) is 0 Å². The number of carbonyl (C=O) groups excluding carboxylic acids is 1. The molecule has 1 aliphatic carbocycles. The number of aromatic nitrogens is 4. The van der Waals surface area contributed by atoms with Crippen LogP contribution in [-0.2, 0) is 17.8 Å². The highest BCUT2D eigenvalue weighted by Gasteiger charge is 2.19. The zero-order valence-electron chi connectivity index (χ0n) is 17.3. The van der Waals surface area contributed by atoms with Gasteiger partial charge >= 0.3 is 0 Å². The molecule has 5 rings (SSSR count). The number of para-hydroxylation sites is 1. The van der Waals surface area contributed by atoms with Crippen molar-refractivity contribution in [3.05, 3.63) is 76.3 Å². The molecule has 7 heteroatoms. The third kappa shape index (κ3) is 3.83. The zero-order valence-corrected chi connectivity index (χ0v) is 17.3. The van der Waals surface area contributed by atoms with Crippen LogP contribution in [-0.4, -0.2) is 31.1 Å². The molecular formula is C24H25N5O2. The average Bonchev–Trinajstić information content (AvgIpc) is 3.46. The molecule has 2 aromatic heterocycles. The van der Waals surface area contributed by atoms with Crippen LogP contribution in [0, 0.1) is 0 Å². The van der Waals surface area contributed by atoms with E-state index in [4.69, 9.17) is 0 Å². The number of benzene rings is 2. The average molecular weight is 415 g/mol. The molecule has 0 saturated heterocycles. The Labute approximate surface area is 179 Å². The molecule has 2 heterocycles. The number of nitrogens with zero attached hydrogens (tertiary/aromatic N) is 4. The first kappa shape index (κ1) is 19.5. The van der Waals surface area contributed by atoms with Crippen LogP contribution in [0.15, 0.2) is 59.4 Å². The summed E-state index contributed by atoms with van der Waals surface area (Å²) >= 11 is 0. The number of rotatable bonds is 6. The normalized spacial score (nSPS) is 14.5. The molecule has 0 bridgehead atoms. The van der Waals surface area contributed by atoms with Crippen molar-refractivity contribution < 1.29 is 4.79 Å². The van der Waals surface area contributed by atoms with Gasteiger partial charge in [-0.05, 0) is 30.5 Å². The van der Waals surface area contributed by atoms with E-state index < -0.39 is 0 Å². The first-order valence-corrected chi connectivity index (χ1v) is 10.9. The van der Waals surface area contributed by atoms with E-state index in [0.29, 0.717) is 42.4 Å². The highest BCUT2D eigenvalue weighted by atomic mass is 16.1. The molecule has 158 valence electrons. The van der Waals surface area contributed by atoms with Gasteiger partial charge in [-0.15, -0.1) is 10.2 Å². The largest absolute Gasteiger partial charge is 0.353 e. The molecule has 0 spiro atoms. The monoisotopic (exact) mass is 415 g/mol. The van der Waals surface area contributed by atoms with Crippen LogP contribution in [0.1, 0.15) is 43.5 Å². The third-order valence-electron chi connectivity index (χ3n) is 6.05. The van der Waals surface area contributed by atoms with E-state index in [1.165, 1.54) is 12.8 Å². The van der Waals surface area contributed by atoms with Gasteiger partial charge in [-0.2, -0.15) is 0 Å². The van der Waals surface area contributed by atoms with Crippen molar-refractivity contribution >= 4 is 22.6 Å². The zero-order chi connectivity index (χ0) is 21.2. The fourth-order valence-electron chi connectivity index (χ4n) is 4.48. The number of hydrogen-bond donors (Lipinski definition) is 1. The molecule has 1 amide bonds. The lowest BCUT2D eigenvalue weighted by Gasteiger charge is -2.13. The van der Waals surface area contributed by atoms with Crippen molar-refractivity contribution in [2.75, 3.05) is 0 Å². The number of carbonyl (C=O) groups is 1. The maximum absolute atomic E-state index is 13.2. The van der Waals surface area contributed by atoms with Gasteiger partial charge in [-0.1, -0.05) is 55.3 Å². The molecule has 1 aliphatic rings. The standard InChI is InChI=1S/C24H25N5O2/c30-22(25-18-10-4-5-11-18)15-14-21-26-27-24-28(16-17-8-2-1-3-9-17)23(31)19-12-6-7-13-20(19)29(21)24/h1-3,6-9,12-13,18H,4-5,10-11,14-16H2,(H,25,30). The van der Waals surface area contributed by atoms with Gasteiger partial charge in [-0.25, -0.2) is 0 Å². The van der Waals surface area contributed by atoms with Crippen molar-refractivity contribution in [1.29, 1.82) is 0 Å². The molecule has 31 heavy (non-hydrogen) atoms. The number of fused-ring (bicyclic) bond motifs is 3. The van der Waals surface area contributed by atoms with E-state index in [1.807, 2.05) is 59.0 Å². The molecular weight excluding hydrogens is 390 g/mol. The number of amides is 1. The van der Waals surface area contributed by atoms with Crippen LogP contribution in [0.2, 0.25) is 0 Å². The van der Waals surface area contributed by atoms with Crippen LogP contribution < -0.4 is 10.9 Å². The second-order valence-electron chi connectivity index (χ2n) is 8.19. The molecule has 1 N–H and O–H groups in total.